The zero-order valence-electron chi connectivity index (χ0n) is 6.24. The molecule has 0 aliphatic carbocycles. The average Bonchev–Trinajstić information content (AvgIpc) is 1.92. The molecule has 64 valence electrons. The van der Waals surface area contributed by atoms with Gasteiger partial charge in [0.1, 0.15) is 7.85 Å². The summed E-state index contributed by atoms with van der Waals surface area (Å²) in [6.45, 7) is 0. The molecule has 0 atom stereocenters. The molecule has 0 nitrogen and oxygen atoms in total. The molecule has 1 aromatic rings. The van der Waals surface area contributed by atoms with Gasteiger partial charge in [-0.1, -0.05) is 33.5 Å². The van der Waals surface area contributed by atoms with Crippen molar-refractivity contribution in [2.75, 3.05) is 0 Å². The van der Waals surface area contributed by atoms with Gasteiger partial charge in [-0.15, -0.1) is 0 Å². The third-order valence-corrected chi connectivity index (χ3v) is 2.35. The van der Waals surface area contributed by atoms with Gasteiger partial charge in [0.05, 0.1) is 5.56 Å². The highest BCUT2D eigenvalue weighted by molar-refractivity contribution is 9.10. The molecule has 5 heteroatoms. The van der Waals surface area contributed by atoms with Crippen LogP contribution >= 0.6 is 15.9 Å². The van der Waals surface area contributed by atoms with E-state index < -0.39 is 11.7 Å². The Morgan fingerprint density at radius 2 is 1.83 bits per heavy atom. The van der Waals surface area contributed by atoms with Crippen LogP contribution in [-0.4, -0.2) is 7.85 Å². The summed E-state index contributed by atoms with van der Waals surface area (Å²) >= 11 is 3.04. The summed E-state index contributed by atoms with van der Waals surface area (Å²) in [7, 11) is 1.74. The summed E-state index contributed by atoms with van der Waals surface area (Å²) < 4.78 is 36.7. The molecular weight excluding hydrogens is 232 g/mol. The summed E-state index contributed by atoms with van der Waals surface area (Å²) in [5.74, 6) is 0. The van der Waals surface area contributed by atoms with Crippen LogP contribution in [0.1, 0.15) is 5.56 Å². The topological polar surface area (TPSA) is 0 Å². The van der Waals surface area contributed by atoms with Gasteiger partial charge in [0, 0.05) is 4.47 Å². The van der Waals surface area contributed by atoms with Crippen molar-refractivity contribution in [2.24, 2.45) is 0 Å². The van der Waals surface area contributed by atoms with Crippen LogP contribution in [-0.2, 0) is 6.18 Å². The Hall–Kier alpha value is -0.445. The number of rotatable bonds is 0. The molecule has 0 aliphatic rings. The van der Waals surface area contributed by atoms with Gasteiger partial charge >= 0.3 is 6.18 Å². The Kier molecular flexibility index (Phi) is 2.51. The molecule has 0 N–H and O–H groups in total. The lowest BCUT2D eigenvalue weighted by Crippen LogP contribution is -2.10. The van der Waals surface area contributed by atoms with Gasteiger partial charge in [0.2, 0.25) is 0 Å². The van der Waals surface area contributed by atoms with Crippen molar-refractivity contribution in [2.45, 2.75) is 6.18 Å². The molecule has 0 radical (unpaired) electrons. The van der Waals surface area contributed by atoms with E-state index in [1.807, 2.05) is 0 Å². The second kappa shape index (κ2) is 3.13. The Balaban J connectivity index is 3.14. The Labute approximate surface area is 77.3 Å². The highest BCUT2D eigenvalue weighted by atomic mass is 79.9. The molecule has 0 saturated heterocycles. The second-order valence-electron chi connectivity index (χ2n) is 2.46. The molecule has 0 saturated carbocycles. The summed E-state index contributed by atoms with van der Waals surface area (Å²) in [6.07, 6.45) is -4.25. The van der Waals surface area contributed by atoms with Gasteiger partial charge in [-0.3, -0.25) is 0 Å². The Morgan fingerprint density at radius 3 is 2.25 bits per heavy atom. The van der Waals surface area contributed by atoms with Gasteiger partial charge in [0.15, 0.2) is 0 Å². The van der Waals surface area contributed by atoms with Crippen LogP contribution in [0.2, 0.25) is 0 Å². The molecule has 0 bridgehead atoms. The summed E-state index contributed by atoms with van der Waals surface area (Å²) in [4.78, 5) is 0. The van der Waals surface area contributed by atoms with E-state index in [4.69, 9.17) is 0 Å². The fraction of sp³-hybridized carbons (Fsp3) is 0.143. The highest BCUT2D eigenvalue weighted by Crippen LogP contribution is 2.29. The number of hydrogen-bond acceptors (Lipinski definition) is 0. The largest absolute Gasteiger partial charge is 0.416 e. The third kappa shape index (κ3) is 2.03. The first-order valence-corrected chi connectivity index (χ1v) is 4.04. The minimum Gasteiger partial charge on any atom is -0.166 e. The zero-order chi connectivity index (χ0) is 9.35. The molecule has 0 fully saturated rings. The number of benzene rings is 1. The minimum absolute atomic E-state index is 0.484. The maximum Gasteiger partial charge on any atom is 0.416 e. The van der Waals surface area contributed by atoms with Crippen molar-refractivity contribution in [3.8, 4) is 0 Å². The maximum absolute atomic E-state index is 12.1. The van der Waals surface area contributed by atoms with Gasteiger partial charge in [-0.05, 0) is 6.07 Å². The lowest BCUT2D eigenvalue weighted by Gasteiger charge is -2.07. The van der Waals surface area contributed by atoms with E-state index in [1.165, 1.54) is 6.07 Å². The molecule has 12 heavy (non-hydrogen) atoms. The van der Waals surface area contributed by atoms with Crippen molar-refractivity contribution in [3.63, 3.8) is 0 Å². The summed E-state index contributed by atoms with van der Waals surface area (Å²) in [6, 6.07) is 3.59. The predicted octanol–water partition coefficient (Wildman–Crippen LogP) is 1.73. The van der Waals surface area contributed by atoms with Crippen molar-refractivity contribution < 1.29 is 13.2 Å². The minimum atomic E-state index is -4.25. The maximum atomic E-state index is 12.1. The molecule has 0 aromatic heterocycles. The van der Waals surface area contributed by atoms with Crippen LogP contribution in [0.5, 0.6) is 0 Å². The summed E-state index contributed by atoms with van der Waals surface area (Å²) in [5.41, 5.74) is 0.169. The van der Waals surface area contributed by atoms with Gasteiger partial charge in [-0.25, -0.2) is 0 Å². The second-order valence-corrected chi connectivity index (χ2v) is 3.32. The Morgan fingerprint density at radius 1 is 1.25 bits per heavy atom. The van der Waals surface area contributed by atoms with E-state index in [2.05, 4.69) is 15.9 Å². The van der Waals surface area contributed by atoms with Gasteiger partial charge in [-0.2, -0.15) is 13.2 Å². The van der Waals surface area contributed by atoms with Crippen molar-refractivity contribution in [3.05, 3.63) is 28.2 Å². The number of halogens is 4. The van der Waals surface area contributed by atoms with E-state index in [0.717, 1.165) is 17.6 Å². The van der Waals surface area contributed by atoms with Gasteiger partial charge in [0.25, 0.3) is 0 Å². The quantitative estimate of drug-likeness (QED) is 0.602. The number of alkyl halides is 3. The normalized spacial score (nSPS) is 11.7. The first kappa shape index (κ1) is 9.64. The standard InChI is InChI=1S/C7H5BBrF3/c8-5-2-1-4(3-6(5)9)7(10,11)12/h1-3H,8H2. The van der Waals surface area contributed by atoms with Crippen LogP contribution in [0.4, 0.5) is 13.2 Å². The highest BCUT2D eigenvalue weighted by Gasteiger charge is 2.30. The van der Waals surface area contributed by atoms with Crippen LogP contribution in [0.3, 0.4) is 0 Å². The average molecular weight is 237 g/mol. The van der Waals surface area contributed by atoms with Crippen molar-refractivity contribution in [1.29, 1.82) is 0 Å². The van der Waals surface area contributed by atoms with E-state index >= 15 is 0 Å². The van der Waals surface area contributed by atoms with E-state index in [-0.39, 0.29) is 0 Å². The molecule has 0 aliphatic heterocycles. The lowest BCUT2D eigenvalue weighted by molar-refractivity contribution is -0.137. The fourth-order valence-electron chi connectivity index (χ4n) is 0.769. The molecule has 0 unspecified atom stereocenters. The molecular formula is C7H5BBrF3. The van der Waals surface area contributed by atoms with E-state index in [9.17, 15) is 13.2 Å². The molecule has 0 heterocycles. The zero-order valence-corrected chi connectivity index (χ0v) is 7.83. The molecule has 0 spiro atoms. The van der Waals surface area contributed by atoms with Crippen LogP contribution in [0.15, 0.2) is 22.7 Å². The number of hydrogen-bond donors (Lipinski definition) is 0. The van der Waals surface area contributed by atoms with Crippen molar-refractivity contribution in [1.82, 2.24) is 0 Å². The lowest BCUT2D eigenvalue weighted by atomic mass is 9.95. The van der Waals surface area contributed by atoms with Crippen LogP contribution in [0, 0.1) is 0 Å². The Bertz CT molecular complexity index is 295. The third-order valence-electron chi connectivity index (χ3n) is 1.50. The van der Waals surface area contributed by atoms with E-state index in [0.29, 0.717) is 4.47 Å². The SMILES string of the molecule is Bc1ccc(C(F)(F)F)cc1Br. The van der Waals surface area contributed by atoms with Crippen LogP contribution < -0.4 is 5.46 Å². The first-order valence-electron chi connectivity index (χ1n) is 3.24. The fourth-order valence-corrected chi connectivity index (χ4v) is 1.15. The smallest absolute Gasteiger partial charge is 0.166 e. The predicted molar refractivity (Wildman–Crippen MR) is 47.3 cm³/mol. The van der Waals surface area contributed by atoms with Crippen molar-refractivity contribution >= 4 is 29.2 Å². The molecule has 0 amide bonds. The monoisotopic (exact) mass is 236 g/mol. The molecule has 1 rings (SSSR count). The summed E-state index contributed by atoms with van der Waals surface area (Å²) in [5, 5.41) is 0. The van der Waals surface area contributed by atoms with Gasteiger partial charge < -0.3 is 0 Å². The van der Waals surface area contributed by atoms with Crippen LogP contribution in [0.25, 0.3) is 0 Å². The van der Waals surface area contributed by atoms with E-state index in [1.54, 1.807) is 7.85 Å². The first-order chi connectivity index (χ1) is 5.41. The molecule has 1 aromatic carbocycles.